The summed E-state index contributed by atoms with van der Waals surface area (Å²) in [6.07, 6.45) is 4.22. The minimum atomic E-state index is -0.337. The van der Waals surface area contributed by atoms with E-state index in [1.54, 1.807) is 7.11 Å². The lowest BCUT2D eigenvalue weighted by Gasteiger charge is -2.22. The molecule has 5 nitrogen and oxygen atoms in total. The molecule has 1 aliphatic carbocycles. The number of nitrogens with two attached hydrogens (primary N) is 1. The maximum Gasteiger partial charge on any atom is 0.243 e. The highest BCUT2D eigenvalue weighted by molar-refractivity contribution is 5.05. The quantitative estimate of drug-likeness (QED) is 0.820. The second kappa shape index (κ2) is 3.90. The average molecular weight is 211 g/mol. The van der Waals surface area contributed by atoms with Gasteiger partial charge in [0.15, 0.2) is 0 Å². The molecule has 1 heterocycles. The van der Waals surface area contributed by atoms with Gasteiger partial charge >= 0.3 is 0 Å². The van der Waals surface area contributed by atoms with Crippen molar-refractivity contribution in [1.82, 2.24) is 10.1 Å². The maximum absolute atomic E-state index is 5.67. The van der Waals surface area contributed by atoms with Crippen LogP contribution in [-0.2, 0) is 10.3 Å². The average Bonchev–Trinajstić information content (AvgIpc) is 2.87. The predicted octanol–water partition coefficient (Wildman–Crippen LogP) is 1.50. The molecule has 1 aliphatic rings. The van der Waals surface area contributed by atoms with Crippen LogP contribution < -0.4 is 5.73 Å². The molecule has 1 aromatic rings. The highest BCUT2D eigenvalue weighted by Gasteiger charge is 2.40. The second-order valence-corrected chi connectivity index (χ2v) is 4.15. The van der Waals surface area contributed by atoms with Gasteiger partial charge in [-0.2, -0.15) is 4.98 Å². The minimum Gasteiger partial charge on any atom is -0.370 e. The van der Waals surface area contributed by atoms with Crippen molar-refractivity contribution >= 4 is 0 Å². The summed E-state index contributed by atoms with van der Waals surface area (Å²) in [5.74, 6) is 1.13. The van der Waals surface area contributed by atoms with Gasteiger partial charge in [-0.3, -0.25) is 0 Å². The summed E-state index contributed by atoms with van der Waals surface area (Å²) in [7, 11) is 1.70. The molecule has 2 rings (SSSR count). The summed E-state index contributed by atoms with van der Waals surface area (Å²) < 4.78 is 10.7. The van der Waals surface area contributed by atoms with Gasteiger partial charge < -0.3 is 15.0 Å². The largest absolute Gasteiger partial charge is 0.370 e. The topological polar surface area (TPSA) is 74.2 Å². The van der Waals surface area contributed by atoms with Gasteiger partial charge in [-0.15, -0.1) is 0 Å². The van der Waals surface area contributed by atoms with Crippen LogP contribution in [-0.4, -0.2) is 17.3 Å². The van der Waals surface area contributed by atoms with Crippen LogP contribution in [0.3, 0.4) is 0 Å². The van der Waals surface area contributed by atoms with Gasteiger partial charge in [0.25, 0.3) is 0 Å². The molecule has 2 N–H and O–H groups in total. The van der Waals surface area contributed by atoms with E-state index in [9.17, 15) is 0 Å². The lowest BCUT2D eigenvalue weighted by Crippen LogP contribution is -2.26. The molecular weight excluding hydrogens is 194 g/mol. The molecule has 0 aliphatic heterocycles. The van der Waals surface area contributed by atoms with Crippen LogP contribution in [0.1, 0.15) is 50.4 Å². The Balaban J connectivity index is 2.27. The van der Waals surface area contributed by atoms with Gasteiger partial charge in [-0.25, -0.2) is 0 Å². The molecule has 0 radical (unpaired) electrons. The monoisotopic (exact) mass is 211 g/mol. The lowest BCUT2D eigenvalue weighted by molar-refractivity contribution is -0.0178. The van der Waals surface area contributed by atoms with E-state index in [1.807, 2.05) is 6.92 Å². The fourth-order valence-corrected chi connectivity index (χ4v) is 2.07. The van der Waals surface area contributed by atoms with Crippen molar-refractivity contribution in [1.29, 1.82) is 0 Å². The standard InChI is InChI=1S/C10H17N3O2/c1-7(11)8-12-9(13-15-8)10(14-2)5-3-4-6-10/h7H,3-6,11H2,1-2H3/t7-/m0/s1. The summed E-state index contributed by atoms with van der Waals surface area (Å²) in [4.78, 5) is 4.31. The number of nitrogens with zero attached hydrogens (tertiary/aromatic N) is 2. The van der Waals surface area contributed by atoms with Gasteiger partial charge in [-0.1, -0.05) is 5.16 Å². The molecule has 1 aromatic heterocycles. The summed E-state index contributed by atoms with van der Waals surface area (Å²) in [5.41, 5.74) is 5.34. The van der Waals surface area contributed by atoms with Gasteiger partial charge in [0, 0.05) is 7.11 Å². The Morgan fingerprint density at radius 1 is 1.47 bits per heavy atom. The van der Waals surface area contributed by atoms with Gasteiger partial charge in [0.05, 0.1) is 6.04 Å². The Morgan fingerprint density at radius 3 is 2.60 bits per heavy atom. The first-order valence-corrected chi connectivity index (χ1v) is 5.33. The molecule has 1 saturated carbocycles. The highest BCUT2D eigenvalue weighted by Crippen LogP contribution is 2.40. The third kappa shape index (κ3) is 1.77. The van der Waals surface area contributed by atoms with Crippen molar-refractivity contribution in [2.45, 2.75) is 44.2 Å². The molecule has 1 atom stereocenters. The van der Waals surface area contributed by atoms with E-state index >= 15 is 0 Å². The van der Waals surface area contributed by atoms with Crippen molar-refractivity contribution in [3.8, 4) is 0 Å². The van der Waals surface area contributed by atoms with Crippen molar-refractivity contribution in [3.63, 3.8) is 0 Å². The summed E-state index contributed by atoms with van der Waals surface area (Å²) >= 11 is 0. The minimum absolute atomic E-state index is 0.221. The molecule has 0 bridgehead atoms. The number of hydrogen-bond donors (Lipinski definition) is 1. The van der Waals surface area contributed by atoms with E-state index in [1.165, 1.54) is 0 Å². The molecule has 1 fully saturated rings. The zero-order chi connectivity index (χ0) is 10.9. The molecule has 0 amide bonds. The van der Waals surface area contributed by atoms with E-state index in [4.69, 9.17) is 15.0 Å². The Kier molecular flexibility index (Phi) is 2.75. The molecule has 0 unspecified atom stereocenters. The Labute approximate surface area is 89.0 Å². The molecule has 0 saturated heterocycles. The SMILES string of the molecule is COC1(c2noc([C@H](C)N)n2)CCCC1. The fourth-order valence-electron chi connectivity index (χ4n) is 2.07. The molecule has 84 valence electrons. The zero-order valence-corrected chi connectivity index (χ0v) is 9.19. The Hall–Kier alpha value is -0.940. The maximum atomic E-state index is 5.67. The highest BCUT2D eigenvalue weighted by atomic mass is 16.5. The van der Waals surface area contributed by atoms with Crippen molar-refractivity contribution in [2.24, 2.45) is 5.73 Å². The first-order valence-electron chi connectivity index (χ1n) is 5.33. The van der Waals surface area contributed by atoms with Crippen molar-refractivity contribution < 1.29 is 9.26 Å². The number of aromatic nitrogens is 2. The Bertz CT molecular complexity index is 329. The van der Waals surface area contributed by atoms with Crippen LogP contribution in [0.4, 0.5) is 0 Å². The van der Waals surface area contributed by atoms with Crippen LogP contribution in [0, 0.1) is 0 Å². The number of hydrogen-bond acceptors (Lipinski definition) is 5. The third-order valence-corrected chi connectivity index (χ3v) is 3.04. The molecule has 0 spiro atoms. The molecule has 0 aromatic carbocycles. The smallest absolute Gasteiger partial charge is 0.243 e. The summed E-state index contributed by atoms with van der Waals surface area (Å²) in [5, 5.41) is 3.97. The van der Waals surface area contributed by atoms with E-state index in [0.717, 1.165) is 25.7 Å². The first kappa shape index (κ1) is 10.6. The lowest BCUT2D eigenvalue weighted by atomic mass is 10.0. The van der Waals surface area contributed by atoms with Crippen LogP contribution in [0.2, 0.25) is 0 Å². The summed E-state index contributed by atoms with van der Waals surface area (Å²) in [6, 6.07) is -0.221. The molecule has 15 heavy (non-hydrogen) atoms. The number of methoxy groups -OCH3 is 1. The molecule has 5 heteroatoms. The normalized spacial score (nSPS) is 21.8. The molecular formula is C10H17N3O2. The van der Waals surface area contributed by atoms with E-state index < -0.39 is 0 Å². The van der Waals surface area contributed by atoms with Gasteiger partial charge in [0.2, 0.25) is 11.7 Å². The number of rotatable bonds is 3. The summed E-state index contributed by atoms with van der Waals surface area (Å²) in [6.45, 7) is 1.82. The van der Waals surface area contributed by atoms with Crippen LogP contribution >= 0.6 is 0 Å². The van der Waals surface area contributed by atoms with Gasteiger partial charge in [-0.05, 0) is 32.6 Å². The van der Waals surface area contributed by atoms with E-state index in [-0.39, 0.29) is 11.6 Å². The predicted molar refractivity (Wildman–Crippen MR) is 54.1 cm³/mol. The van der Waals surface area contributed by atoms with Crippen LogP contribution in [0.25, 0.3) is 0 Å². The van der Waals surface area contributed by atoms with Crippen molar-refractivity contribution in [3.05, 3.63) is 11.7 Å². The third-order valence-electron chi connectivity index (χ3n) is 3.04. The number of ether oxygens (including phenoxy) is 1. The second-order valence-electron chi connectivity index (χ2n) is 4.15. The Morgan fingerprint density at radius 2 is 2.13 bits per heavy atom. The van der Waals surface area contributed by atoms with Gasteiger partial charge in [0.1, 0.15) is 5.60 Å². The van der Waals surface area contributed by atoms with E-state index in [0.29, 0.717) is 11.7 Å². The van der Waals surface area contributed by atoms with E-state index in [2.05, 4.69) is 10.1 Å². The first-order chi connectivity index (χ1) is 7.18. The fraction of sp³-hybridized carbons (Fsp3) is 0.800. The van der Waals surface area contributed by atoms with Crippen LogP contribution in [0.15, 0.2) is 4.52 Å². The zero-order valence-electron chi connectivity index (χ0n) is 9.19. The van der Waals surface area contributed by atoms with Crippen LogP contribution in [0.5, 0.6) is 0 Å². The van der Waals surface area contributed by atoms with Crippen molar-refractivity contribution in [2.75, 3.05) is 7.11 Å².